The topological polar surface area (TPSA) is 57.7 Å². The molecule has 1 amide bonds. The van der Waals surface area contributed by atoms with Gasteiger partial charge in [-0.25, -0.2) is 8.42 Å². The van der Waals surface area contributed by atoms with E-state index in [1.165, 1.54) is 11.1 Å². The minimum absolute atomic E-state index is 0.0113. The first-order chi connectivity index (χ1) is 14.9. The summed E-state index contributed by atoms with van der Waals surface area (Å²) in [5.74, 6) is -0.107. The van der Waals surface area contributed by atoms with Crippen molar-refractivity contribution in [2.75, 3.05) is 19.6 Å². The van der Waals surface area contributed by atoms with Crippen LogP contribution in [-0.2, 0) is 10.0 Å². The molecule has 1 fully saturated rings. The first-order valence-corrected chi connectivity index (χ1v) is 12.5. The van der Waals surface area contributed by atoms with Crippen molar-refractivity contribution in [2.24, 2.45) is 0 Å². The SMILES string of the molecule is Cc1ccc(S(=O)(=O)N2CCCCC2C)cc1C(=O)N1CC=C(c2ccccc2)CC1. The third-order valence-corrected chi connectivity index (χ3v) is 8.44. The Morgan fingerprint density at radius 3 is 2.48 bits per heavy atom. The summed E-state index contributed by atoms with van der Waals surface area (Å²) >= 11 is 0. The minimum Gasteiger partial charge on any atom is -0.335 e. The van der Waals surface area contributed by atoms with Gasteiger partial charge in [0.1, 0.15) is 0 Å². The van der Waals surface area contributed by atoms with Gasteiger partial charge in [0.25, 0.3) is 5.91 Å². The molecule has 0 aliphatic carbocycles. The molecule has 2 heterocycles. The number of hydrogen-bond acceptors (Lipinski definition) is 3. The van der Waals surface area contributed by atoms with E-state index in [4.69, 9.17) is 0 Å². The number of hydrogen-bond donors (Lipinski definition) is 0. The number of sulfonamides is 1. The number of aryl methyl sites for hydroxylation is 1. The van der Waals surface area contributed by atoms with Gasteiger partial charge in [0.15, 0.2) is 0 Å². The number of carbonyl (C=O) groups is 1. The van der Waals surface area contributed by atoms with E-state index < -0.39 is 10.0 Å². The molecular formula is C25H30N2O3S. The normalized spacial score (nSPS) is 20.4. The lowest BCUT2D eigenvalue weighted by molar-refractivity contribution is 0.0772. The van der Waals surface area contributed by atoms with Crippen molar-refractivity contribution in [3.63, 3.8) is 0 Å². The lowest BCUT2D eigenvalue weighted by atomic mass is 9.99. The lowest BCUT2D eigenvalue weighted by Crippen LogP contribution is -2.42. The van der Waals surface area contributed by atoms with Gasteiger partial charge in [0, 0.05) is 31.2 Å². The zero-order chi connectivity index (χ0) is 22.0. The Bertz CT molecular complexity index is 1090. The molecule has 31 heavy (non-hydrogen) atoms. The van der Waals surface area contributed by atoms with Crippen molar-refractivity contribution in [3.8, 4) is 0 Å². The van der Waals surface area contributed by atoms with Crippen LogP contribution in [0.3, 0.4) is 0 Å². The predicted octanol–water partition coefficient (Wildman–Crippen LogP) is 4.49. The van der Waals surface area contributed by atoms with Crippen molar-refractivity contribution < 1.29 is 13.2 Å². The van der Waals surface area contributed by atoms with Crippen LogP contribution in [0.25, 0.3) is 5.57 Å². The van der Waals surface area contributed by atoms with Gasteiger partial charge < -0.3 is 4.90 Å². The molecule has 2 aromatic carbocycles. The van der Waals surface area contributed by atoms with Gasteiger partial charge >= 0.3 is 0 Å². The molecular weight excluding hydrogens is 408 g/mol. The molecule has 0 radical (unpaired) electrons. The van der Waals surface area contributed by atoms with E-state index in [0.717, 1.165) is 31.2 Å². The zero-order valence-corrected chi connectivity index (χ0v) is 19.1. The monoisotopic (exact) mass is 438 g/mol. The van der Waals surface area contributed by atoms with Crippen molar-refractivity contribution in [1.82, 2.24) is 9.21 Å². The van der Waals surface area contributed by atoms with Crippen LogP contribution in [0.4, 0.5) is 0 Å². The van der Waals surface area contributed by atoms with Crippen LogP contribution in [0.1, 0.15) is 54.1 Å². The fourth-order valence-corrected chi connectivity index (χ4v) is 6.22. The van der Waals surface area contributed by atoms with Crippen LogP contribution >= 0.6 is 0 Å². The Labute approximate surface area is 185 Å². The molecule has 0 saturated carbocycles. The molecule has 1 unspecified atom stereocenters. The molecule has 0 N–H and O–H groups in total. The van der Waals surface area contributed by atoms with Crippen LogP contribution in [0.5, 0.6) is 0 Å². The summed E-state index contributed by atoms with van der Waals surface area (Å²) in [6, 6.07) is 15.2. The first-order valence-electron chi connectivity index (χ1n) is 11.0. The van der Waals surface area contributed by atoms with E-state index in [0.29, 0.717) is 25.2 Å². The summed E-state index contributed by atoms with van der Waals surface area (Å²) in [5, 5.41) is 0. The van der Waals surface area contributed by atoms with Crippen molar-refractivity contribution in [2.45, 2.75) is 50.5 Å². The Morgan fingerprint density at radius 1 is 1.03 bits per heavy atom. The molecule has 0 spiro atoms. The van der Waals surface area contributed by atoms with E-state index in [-0.39, 0.29) is 16.8 Å². The fourth-order valence-electron chi connectivity index (χ4n) is 4.49. The van der Waals surface area contributed by atoms with E-state index in [1.807, 2.05) is 32.0 Å². The van der Waals surface area contributed by atoms with Crippen LogP contribution in [0.15, 0.2) is 59.5 Å². The van der Waals surface area contributed by atoms with Gasteiger partial charge in [-0.1, -0.05) is 48.9 Å². The summed E-state index contributed by atoms with van der Waals surface area (Å²) < 4.78 is 28.1. The van der Waals surface area contributed by atoms with Gasteiger partial charge in [-0.2, -0.15) is 4.31 Å². The van der Waals surface area contributed by atoms with E-state index in [2.05, 4.69) is 18.2 Å². The Morgan fingerprint density at radius 2 is 1.81 bits per heavy atom. The summed E-state index contributed by atoms with van der Waals surface area (Å²) in [5.41, 5.74) is 3.71. The highest BCUT2D eigenvalue weighted by atomic mass is 32.2. The van der Waals surface area contributed by atoms with E-state index in [1.54, 1.807) is 27.4 Å². The van der Waals surface area contributed by atoms with Gasteiger partial charge in [0.2, 0.25) is 10.0 Å². The van der Waals surface area contributed by atoms with Crippen LogP contribution < -0.4 is 0 Å². The van der Waals surface area contributed by atoms with Crippen molar-refractivity contribution in [3.05, 3.63) is 71.3 Å². The largest absolute Gasteiger partial charge is 0.335 e. The maximum Gasteiger partial charge on any atom is 0.254 e. The standard InChI is InChI=1S/C25H30N2O3S/c1-19-11-12-23(31(29,30)27-15-7-6-8-20(27)2)18-24(19)25(28)26-16-13-22(14-17-26)21-9-4-3-5-10-21/h3-5,9-13,18,20H,6-8,14-17H2,1-2H3. The van der Waals surface area contributed by atoms with Gasteiger partial charge in [0.05, 0.1) is 4.90 Å². The van der Waals surface area contributed by atoms with Gasteiger partial charge in [-0.05, 0) is 61.9 Å². The molecule has 1 saturated heterocycles. The first kappa shape index (κ1) is 21.8. The third kappa shape index (κ3) is 4.46. The molecule has 2 aromatic rings. The molecule has 2 aliphatic rings. The predicted molar refractivity (Wildman–Crippen MR) is 123 cm³/mol. The minimum atomic E-state index is -3.61. The molecule has 164 valence electrons. The highest BCUT2D eigenvalue weighted by Gasteiger charge is 2.32. The van der Waals surface area contributed by atoms with E-state index >= 15 is 0 Å². The number of nitrogens with zero attached hydrogens (tertiary/aromatic N) is 2. The average Bonchev–Trinajstić information content (AvgIpc) is 2.79. The second-order valence-corrected chi connectivity index (χ2v) is 10.4. The fraction of sp³-hybridized carbons (Fsp3) is 0.400. The maximum absolute atomic E-state index is 13.3. The van der Waals surface area contributed by atoms with Crippen LogP contribution in [0, 0.1) is 6.92 Å². The summed E-state index contributed by atoms with van der Waals surface area (Å²) in [6.45, 7) is 5.52. The molecule has 4 rings (SSSR count). The van der Waals surface area contributed by atoms with E-state index in [9.17, 15) is 13.2 Å². The summed E-state index contributed by atoms with van der Waals surface area (Å²) in [6.07, 6.45) is 5.70. The Balaban J connectivity index is 1.56. The smallest absolute Gasteiger partial charge is 0.254 e. The molecule has 0 bridgehead atoms. The number of benzene rings is 2. The summed E-state index contributed by atoms with van der Waals surface area (Å²) in [7, 11) is -3.61. The summed E-state index contributed by atoms with van der Waals surface area (Å²) in [4.78, 5) is 15.3. The number of amides is 1. The average molecular weight is 439 g/mol. The highest BCUT2D eigenvalue weighted by molar-refractivity contribution is 7.89. The number of rotatable bonds is 4. The van der Waals surface area contributed by atoms with Crippen LogP contribution in [-0.4, -0.2) is 49.2 Å². The molecule has 2 aliphatic heterocycles. The number of piperidine rings is 1. The molecule has 6 heteroatoms. The molecule has 1 atom stereocenters. The Hall–Kier alpha value is -2.44. The second kappa shape index (κ2) is 8.97. The molecule has 0 aromatic heterocycles. The van der Waals surface area contributed by atoms with Crippen molar-refractivity contribution >= 4 is 21.5 Å². The quantitative estimate of drug-likeness (QED) is 0.707. The molecule has 5 nitrogen and oxygen atoms in total. The lowest BCUT2D eigenvalue weighted by Gasteiger charge is -2.32. The van der Waals surface area contributed by atoms with Crippen molar-refractivity contribution in [1.29, 1.82) is 0 Å². The number of carbonyl (C=O) groups excluding carboxylic acids is 1. The zero-order valence-electron chi connectivity index (χ0n) is 18.3. The third-order valence-electron chi connectivity index (χ3n) is 6.43. The van der Waals surface area contributed by atoms with Gasteiger partial charge in [-0.3, -0.25) is 4.79 Å². The highest BCUT2D eigenvalue weighted by Crippen LogP contribution is 2.28. The Kier molecular flexibility index (Phi) is 6.30. The second-order valence-electron chi connectivity index (χ2n) is 8.53. The maximum atomic E-state index is 13.3. The van der Waals surface area contributed by atoms with Crippen LogP contribution in [0.2, 0.25) is 0 Å². The van der Waals surface area contributed by atoms with Gasteiger partial charge in [-0.15, -0.1) is 0 Å².